The Morgan fingerprint density at radius 2 is 1.64 bits per heavy atom. The zero-order valence-electron chi connectivity index (χ0n) is 15.7. The van der Waals surface area contributed by atoms with Crippen LogP contribution in [0.2, 0.25) is 0 Å². The summed E-state index contributed by atoms with van der Waals surface area (Å²) in [4.78, 5) is 18.0. The number of nitrogens with zero attached hydrogens (tertiary/aromatic N) is 3. The van der Waals surface area contributed by atoms with Gasteiger partial charge in [0.05, 0.1) is 19.8 Å². The Kier molecular flexibility index (Phi) is 8.18. The third-order valence-electron chi connectivity index (χ3n) is 4.39. The fraction of sp³-hybridized carbons (Fsp3) is 0.632. The summed E-state index contributed by atoms with van der Waals surface area (Å²) in [6.07, 6.45) is 0. The summed E-state index contributed by atoms with van der Waals surface area (Å²) in [6.45, 7) is 9.27. The number of ether oxygens (including phenoxy) is 2. The molecular weight excluding hydrogens is 318 g/mol. The fourth-order valence-electron chi connectivity index (χ4n) is 2.65. The molecule has 0 bridgehead atoms. The molecular formula is C19H31N3O3. The lowest BCUT2D eigenvalue weighted by Crippen LogP contribution is -2.49. The van der Waals surface area contributed by atoms with Crippen LogP contribution in [-0.2, 0) is 9.53 Å². The number of aryl methyl sites for hydroxylation is 1. The fourth-order valence-corrected chi connectivity index (χ4v) is 2.65. The molecule has 0 radical (unpaired) electrons. The number of carbonyl (C=O) groups is 1. The molecule has 6 nitrogen and oxygen atoms in total. The molecule has 1 heterocycles. The van der Waals surface area contributed by atoms with Gasteiger partial charge in [-0.15, -0.1) is 0 Å². The Morgan fingerprint density at radius 1 is 1.00 bits per heavy atom. The third kappa shape index (κ3) is 7.42. The molecule has 1 amide bonds. The standard InChI is InChI=1S/C19H31N3O3/c1-17-4-6-18(7-5-17)25-15-14-24-13-12-21-8-10-22(11-9-21)16-19(23)20(2)3/h4-7H,8-16H2,1-3H3. The SMILES string of the molecule is Cc1ccc(OCCOCCN2CCN(CC(=O)N(C)C)CC2)cc1. The number of piperazine rings is 1. The van der Waals surface area contributed by atoms with Crippen molar-refractivity contribution in [3.05, 3.63) is 29.8 Å². The highest BCUT2D eigenvalue weighted by molar-refractivity contribution is 5.77. The van der Waals surface area contributed by atoms with Crippen LogP contribution in [0.1, 0.15) is 5.56 Å². The van der Waals surface area contributed by atoms with E-state index in [4.69, 9.17) is 9.47 Å². The largest absolute Gasteiger partial charge is 0.491 e. The van der Waals surface area contributed by atoms with Crippen LogP contribution in [0.4, 0.5) is 0 Å². The van der Waals surface area contributed by atoms with Crippen LogP contribution in [0.15, 0.2) is 24.3 Å². The number of rotatable bonds is 9. The minimum absolute atomic E-state index is 0.172. The first-order valence-electron chi connectivity index (χ1n) is 8.96. The molecule has 6 heteroatoms. The molecule has 0 N–H and O–H groups in total. The van der Waals surface area contributed by atoms with Crippen LogP contribution in [-0.4, -0.2) is 93.8 Å². The first-order valence-corrected chi connectivity index (χ1v) is 8.96. The lowest BCUT2D eigenvalue weighted by molar-refractivity contribution is -0.130. The van der Waals surface area contributed by atoms with Crippen molar-refractivity contribution >= 4 is 5.91 Å². The van der Waals surface area contributed by atoms with E-state index in [1.54, 1.807) is 19.0 Å². The van der Waals surface area contributed by atoms with E-state index in [1.165, 1.54) is 5.56 Å². The van der Waals surface area contributed by atoms with Crippen molar-refractivity contribution in [3.8, 4) is 5.75 Å². The van der Waals surface area contributed by atoms with Crippen LogP contribution < -0.4 is 4.74 Å². The number of benzene rings is 1. The van der Waals surface area contributed by atoms with E-state index < -0.39 is 0 Å². The predicted molar refractivity (Wildman–Crippen MR) is 99.1 cm³/mol. The quantitative estimate of drug-likeness (QED) is 0.625. The summed E-state index contributed by atoms with van der Waals surface area (Å²) >= 11 is 0. The van der Waals surface area contributed by atoms with Crippen LogP contribution in [0.3, 0.4) is 0 Å². The normalized spacial score (nSPS) is 16.0. The maximum absolute atomic E-state index is 11.7. The van der Waals surface area contributed by atoms with Crippen molar-refractivity contribution in [1.29, 1.82) is 0 Å². The molecule has 1 aliphatic heterocycles. The van der Waals surface area contributed by atoms with E-state index in [2.05, 4.69) is 16.7 Å². The summed E-state index contributed by atoms with van der Waals surface area (Å²) in [5.41, 5.74) is 1.23. The smallest absolute Gasteiger partial charge is 0.236 e. The Bertz CT molecular complexity index is 511. The van der Waals surface area contributed by atoms with Gasteiger partial charge >= 0.3 is 0 Å². The number of amides is 1. The summed E-state index contributed by atoms with van der Waals surface area (Å²) in [5.74, 6) is 1.06. The predicted octanol–water partition coefficient (Wildman–Crippen LogP) is 1.10. The van der Waals surface area contributed by atoms with Crippen LogP contribution in [0.5, 0.6) is 5.75 Å². The van der Waals surface area contributed by atoms with E-state index in [1.807, 2.05) is 24.3 Å². The molecule has 0 unspecified atom stereocenters. The van der Waals surface area contributed by atoms with Crippen LogP contribution in [0, 0.1) is 6.92 Å². The zero-order valence-corrected chi connectivity index (χ0v) is 15.7. The molecule has 25 heavy (non-hydrogen) atoms. The molecule has 1 aromatic rings. The molecule has 1 aliphatic rings. The highest BCUT2D eigenvalue weighted by atomic mass is 16.5. The summed E-state index contributed by atoms with van der Waals surface area (Å²) in [6, 6.07) is 8.05. The lowest BCUT2D eigenvalue weighted by atomic mass is 10.2. The van der Waals surface area contributed by atoms with Gasteiger partial charge in [0.25, 0.3) is 0 Å². The van der Waals surface area contributed by atoms with Crippen molar-refractivity contribution in [1.82, 2.24) is 14.7 Å². The highest BCUT2D eigenvalue weighted by Gasteiger charge is 2.19. The molecule has 0 atom stereocenters. The second-order valence-corrected chi connectivity index (χ2v) is 6.68. The van der Waals surface area contributed by atoms with Gasteiger partial charge in [-0.2, -0.15) is 0 Å². The van der Waals surface area contributed by atoms with Crippen molar-refractivity contribution < 1.29 is 14.3 Å². The molecule has 140 valence electrons. The third-order valence-corrected chi connectivity index (χ3v) is 4.39. The molecule has 1 aromatic carbocycles. The van der Waals surface area contributed by atoms with E-state index in [0.717, 1.165) is 38.5 Å². The molecule has 0 spiro atoms. The second kappa shape index (κ2) is 10.4. The number of hydrogen-bond donors (Lipinski definition) is 0. The van der Waals surface area contributed by atoms with Gasteiger partial charge in [-0.1, -0.05) is 17.7 Å². The van der Waals surface area contributed by atoms with E-state index in [0.29, 0.717) is 26.4 Å². The van der Waals surface area contributed by atoms with Crippen molar-refractivity contribution in [3.63, 3.8) is 0 Å². The van der Waals surface area contributed by atoms with E-state index in [-0.39, 0.29) is 5.91 Å². The Balaban J connectivity index is 1.49. The van der Waals surface area contributed by atoms with Gasteiger partial charge in [0.2, 0.25) is 5.91 Å². The molecule has 1 fully saturated rings. The van der Waals surface area contributed by atoms with Gasteiger partial charge in [0.1, 0.15) is 12.4 Å². The first-order chi connectivity index (χ1) is 12.0. The van der Waals surface area contributed by atoms with Crippen LogP contribution in [0.25, 0.3) is 0 Å². The van der Waals surface area contributed by atoms with E-state index in [9.17, 15) is 4.79 Å². The number of carbonyl (C=O) groups excluding carboxylic acids is 1. The maximum atomic E-state index is 11.7. The van der Waals surface area contributed by atoms with Gasteiger partial charge in [0, 0.05) is 46.8 Å². The van der Waals surface area contributed by atoms with Gasteiger partial charge in [-0.3, -0.25) is 14.6 Å². The molecule has 0 aliphatic carbocycles. The second-order valence-electron chi connectivity index (χ2n) is 6.68. The van der Waals surface area contributed by atoms with Gasteiger partial charge in [-0.25, -0.2) is 0 Å². The summed E-state index contributed by atoms with van der Waals surface area (Å²) in [7, 11) is 3.61. The minimum Gasteiger partial charge on any atom is -0.491 e. The highest BCUT2D eigenvalue weighted by Crippen LogP contribution is 2.11. The molecule has 0 aromatic heterocycles. The van der Waals surface area contributed by atoms with Gasteiger partial charge in [-0.05, 0) is 19.1 Å². The molecule has 2 rings (SSSR count). The zero-order chi connectivity index (χ0) is 18.1. The molecule has 0 saturated carbocycles. The maximum Gasteiger partial charge on any atom is 0.236 e. The Labute approximate surface area is 151 Å². The lowest BCUT2D eigenvalue weighted by Gasteiger charge is -2.34. The van der Waals surface area contributed by atoms with Crippen LogP contribution >= 0.6 is 0 Å². The average Bonchev–Trinajstić information content (AvgIpc) is 2.60. The van der Waals surface area contributed by atoms with Gasteiger partial charge < -0.3 is 14.4 Å². The topological polar surface area (TPSA) is 45.3 Å². The first kappa shape index (κ1) is 19.7. The Morgan fingerprint density at radius 3 is 2.28 bits per heavy atom. The van der Waals surface area contributed by atoms with Gasteiger partial charge in [0.15, 0.2) is 0 Å². The summed E-state index contributed by atoms with van der Waals surface area (Å²) < 4.78 is 11.3. The Hall–Kier alpha value is -1.63. The van der Waals surface area contributed by atoms with Crippen molar-refractivity contribution in [2.75, 3.05) is 73.2 Å². The van der Waals surface area contributed by atoms with Crippen molar-refractivity contribution in [2.45, 2.75) is 6.92 Å². The number of likely N-dealkylation sites (N-methyl/N-ethyl adjacent to an activating group) is 1. The average molecular weight is 349 g/mol. The monoisotopic (exact) mass is 349 g/mol. The summed E-state index contributed by atoms with van der Waals surface area (Å²) in [5, 5.41) is 0. The van der Waals surface area contributed by atoms with Crippen molar-refractivity contribution in [2.24, 2.45) is 0 Å². The van der Waals surface area contributed by atoms with E-state index >= 15 is 0 Å². The number of hydrogen-bond acceptors (Lipinski definition) is 5. The minimum atomic E-state index is 0.172. The molecule has 1 saturated heterocycles.